The van der Waals surface area contributed by atoms with Gasteiger partial charge in [0.25, 0.3) is 0 Å². The zero-order chi connectivity index (χ0) is 18.8. The molecule has 0 saturated heterocycles. The van der Waals surface area contributed by atoms with E-state index in [-0.39, 0.29) is 24.2 Å². The molecule has 2 N–H and O–H groups in total. The van der Waals surface area contributed by atoms with E-state index in [0.29, 0.717) is 12.0 Å². The Morgan fingerprint density at radius 3 is 2.54 bits per heavy atom. The first-order valence-electron chi connectivity index (χ1n) is 8.39. The summed E-state index contributed by atoms with van der Waals surface area (Å²) in [5.74, 6) is -7.85. The number of Topliss-reactive ketones (excluding diaryl/α,β-unsaturated/α-hetero) is 4. The predicted octanol–water partition coefficient (Wildman–Crippen LogP) is 0.365. The summed E-state index contributed by atoms with van der Waals surface area (Å²) in [6, 6.07) is 6.20. The first-order chi connectivity index (χ1) is 12.3. The van der Waals surface area contributed by atoms with Crippen LogP contribution in [0.15, 0.2) is 18.2 Å². The standard InChI is InChI=1S/C19H15NO6/c20-7-11-13(22)6-10-5-9-4-8-2-1-3-12(21)14(8)16(23)15(9)18(25)19(10,26)17(11)24/h1-3,9-11,15,21,26H,4-6H2/t9?,10?,11?,15?,19-/m1/s1. The molecule has 0 aromatic heterocycles. The number of aromatic hydroxyl groups is 1. The first kappa shape index (κ1) is 16.6. The van der Waals surface area contributed by atoms with E-state index in [0.717, 1.165) is 0 Å². The smallest absolute Gasteiger partial charge is 0.196 e. The fourth-order valence-corrected chi connectivity index (χ4v) is 4.75. The Labute approximate surface area is 148 Å². The van der Waals surface area contributed by atoms with Crippen LogP contribution in [0.3, 0.4) is 0 Å². The second-order valence-corrected chi connectivity index (χ2v) is 7.28. The summed E-state index contributed by atoms with van der Waals surface area (Å²) in [6.07, 6.45) is 0.252. The van der Waals surface area contributed by atoms with E-state index in [9.17, 15) is 29.4 Å². The monoisotopic (exact) mass is 353 g/mol. The number of nitriles is 1. The lowest BCUT2D eigenvalue weighted by atomic mass is 9.54. The second-order valence-electron chi connectivity index (χ2n) is 7.28. The van der Waals surface area contributed by atoms with Crippen LogP contribution in [0.4, 0.5) is 0 Å². The number of phenolic OH excluding ortho intramolecular Hbond substituents is 1. The minimum absolute atomic E-state index is 0.0420. The molecule has 2 fully saturated rings. The number of aliphatic hydroxyl groups is 1. The predicted molar refractivity (Wildman–Crippen MR) is 84.9 cm³/mol. The average molecular weight is 353 g/mol. The second kappa shape index (κ2) is 5.32. The van der Waals surface area contributed by atoms with Crippen LogP contribution >= 0.6 is 0 Å². The molecule has 4 rings (SSSR count). The molecule has 0 radical (unpaired) electrons. The fourth-order valence-electron chi connectivity index (χ4n) is 4.75. The number of fused-ring (bicyclic) bond motifs is 3. The van der Waals surface area contributed by atoms with Gasteiger partial charge in [0.2, 0.25) is 0 Å². The molecule has 7 heteroatoms. The highest BCUT2D eigenvalue weighted by Gasteiger charge is 2.65. The normalized spacial score (nSPS) is 36.0. The molecule has 4 unspecified atom stereocenters. The maximum absolute atomic E-state index is 13.0. The van der Waals surface area contributed by atoms with Crippen molar-refractivity contribution in [2.24, 2.45) is 23.7 Å². The lowest BCUT2D eigenvalue weighted by Gasteiger charge is -2.48. The van der Waals surface area contributed by atoms with Gasteiger partial charge in [-0.05, 0) is 30.4 Å². The summed E-state index contributed by atoms with van der Waals surface area (Å²) in [5.41, 5.74) is -1.84. The van der Waals surface area contributed by atoms with Gasteiger partial charge in [-0.2, -0.15) is 5.26 Å². The van der Waals surface area contributed by atoms with Crippen molar-refractivity contribution in [1.82, 2.24) is 0 Å². The number of hydrogen-bond acceptors (Lipinski definition) is 7. The molecule has 3 aliphatic rings. The van der Waals surface area contributed by atoms with E-state index in [4.69, 9.17) is 5.26 Å². The lowest BCUT2D eigenvalue weighted by Crippen LogP contribution is -2.66. The van der Waals surface area contributed by atoms with Gasteiger partial charge in [-0.25, -0.2) is 0 Å². The van der Waals surface area contributed by atoms with Crippen molar-refractivity contribution in [1.29, 1.82) is 5.26 Å². The van der Waals surface area contributed by atoms with Crippen molar-refractivity contribution in [2.45, 2.75) is 24.9 Å². The number of rotatable bonds is 0. The van der Waals surface area contributed by atoms with Crippen LogP contribution in [-0.2, 0) is 20.8 Å². The molecule has 0 amide bonds. The molecule has 1 aromatic rings. The number of carbonyl (C=O) groups is 4. The molecule has 5 atom stereocenters. The summed E-state index contributed by atoms with van der Waals surface area (Å²) < 4.78 is 0. The average Bonchev–Trinajstić information content (AvgIpc) is 2.58. The number of nitrogens with zero attached hydrogens (tertiary/aromatic N) is 1. The Morgan fingerprint density at radius 1 is 1.12 bits per heavy atom. The van der Waals surface area contributed by atoms with Crippen LogP contribution in [0.25, 0.3) is 0 Å². The number of hydrogen-bond donors (Lipinski definition) is 2. The molecular weight excluding hydrogens is 338 g/mol. The third-order valence-corrected chi connectivity index (χ3v) is 5.98. The molecule has 2 saturated carbocycles. The molecule has 0 bridgehead atoms. The van der Waals surface area contributed by atoms with Crippen molar-refractivity contribution >= 4 is 23.1 Å². The van der Waals surface area contributed by atoms with E-state index in [1.165, 1.54) is 6.07 Å². The number of carbonyl (C=O) groups excluding carboxylic acids is 4. The van der Waals surface area contributed by atoms with Gasteiger partial charge >= 0.3 is 0 Å². The van der Waals surface area contributed by atoms with Crippen LogP contribution in [0.2, 0.25) is 0 Å². The Morgan fingerprint density at radius 2 is 1.85 bits per heavy atom. The van der Waals surface area contributed by atoms with Gasteiger partial charge in [0.05, 0.1) is 17.6 Å². The minimum atomic E-state index is -2.49. The zero-order valence-corrected chi connectivity index (χ0v) is 13.6. The van der Waals surface area contributed by atoms with Gasteiger partial charge in [-0.15, -0.1) is 0 Å². The summed E-state index contributed by atoms with van der Waals surface area (Å²) in [5, 5.41) is 30.0. The summed E-state index contributed by atoms with van der Waals surface area (Å²) in [6.45, 7) is 0. The highest BCUT2D eigenvalue weighted by atomic mass is 16.3. The quantitative estimate of drug-likeness (QED) is 0.644. The fraction of sp³-hybridized carbons (Fsp3) is 0.421. The minimum Gasteiger partial charge on any atom is -0.507 e. The van der Waals surface area contributed by atoms with E-state index in [2.05, 4.69) is 0 Å². The van der Waals surface area contributed by atoms with E-state index in [1.54, 1.807) is 18.2 Å². The molecule has 26 heavy (non-hydrogen) atoms. The number of ketones is 4. The number of phenols is 1. The SMILES string of the molecule is N#CC1C(=O)CC2CC3Cc4cccc(O)c4C(=O)C3C(=O)[C@]2(O)C1=O. The third kappa shape index (κ3) is 1.90. The Hall–Kier alpha value is -2.85. The zero-order valence-electron chi connectivity index (χ0n) is 13.6. The molecule has 132 valence electrons. The molecule has 0 spiro atoms. The van der Waals surface area contributed by atoms with E-state index >= 15 is 0 Å². The maximum atomic E-state index is 13.0. The lowest BCUT2D eigenvalue weighted by molar-refractivity contribution is -0.173. The topological polar surface area (TPSA) is 133 Å². The van der Waals surface area contributed by atoms with E-state index < -0.39 is 52.4 Å². The van der Waals surface area contributed by atoms with E-state index in [1.807, 2.05) is 0 Å². The first-order valence-corrected chi connectivity index (χ1v) is 8.39. The summed E-state index contributed by atoms with van der Waals surface area (Å²) >= 11 is 0. The van der Waals surface area contributed by atoms with Gasteiger partial charge in [0, 0.05) is 12.3 Å². The highest BCUT2D eigenvalue weighted by Crippen LogP contribution is 2.49. The Bertz CT molecular complexity index is 928. The molecule has 0 aliphatic heterocycles. The Kier molecular flexibility index (Phi) is 3.40. The van der Waals surface area contributed by atoms with Crippen LogP contribution < -0.4 is 0 Å². The van der Waals surface area contributed by atoms with Gasteiger partial charge in [0.1, 0.15) is 5.75 Å². The van der Waals surface area contributed by atoms with Gasteiger partial charge < -0.3 is 10.2 Å². The highest BCUT2D eigenvalue weighted by molar-refractivity contribution is 6.27. The molecule has 7 nitrogen and oxygen atoms in total. The third-order valence-electron chi connectivity index (χ3n) is 5.98. The molecular formula is C19H15NO6. The van der Waals surface area contributed by atoms with Crippen molar-refractivity contribution in [3.8, 4) is 11.8 Å². The molecule has 1 aromatic carbocycles. The summed E-state index contributed by atoms with van der Waals surface area (Å²) in [7, 11) is 0. The van der Waals surface area contributed by atoms with Crippen LogP contribution in [0.5, 0.6) is 5.75 Å². The molecule has 0 heterocycles. The van der Waals surface area contributed by atoms with Crippen LogP contribution in [0.1, 0.15) is 28.8 Å². The van der Waals surface area contributed by atoms with Crippen LogP contribution in [-0.4, -0.2) is 38.9 Å². The van der Waals surface area contributed by atoms with Crippen molar-refractivity contribution < 1.29 is 29.4 Å². The van der Waals surface area contributed by atoms with Gasteiger partial charge in [-0.1, -0.05) is 12.1 Å². The van der Waals surface area contributed by atoms with Crippen molar-refractivity contribution in [3.05, 3.63) is 29.3 Å². The molecule has 3 aliphatic carbocycles. The van der Waals surface area contributed by atoms with Crippen molar-refractivity contribution in [3.63, 3.8) is 0 Å². The Balaban J connectivity index is 1.82. The maximum Gasteiger partial charge on any atom is 0.196 e. The van der Waals surface area contributed by atoms with Gasteiger partial charge in [0.15, 0.2) is 34.7 Å². The summed E-state index contributed by atoms with van der Waals surface area (Å²) in [4.78, 5) is 50.5. The number of benzene rings is 1. The largest absolute Gasteiger partial charge is 0.507 e. The van der Waals surface area contributed by atoms with Gasteiger partial charge in [-0.3, -0.25) is 19.2 Å². The van der Waals surface area contributed by atoms with Crippen LogP contribution in [0, 0.1) is 35.0 Å². The van der Waals surface area contributed by atoms with Crippen molar-refractivity contribution in [2.75, 3.05) is 0 Å².